The van der Waals surface area contributed by atoms with Crippen LogP contribution in [0, 0.1) is 6.92 Å². The molecule has 1 saturated heterocycles. The zero-order valence-corrected chi connectivity index (χ0v) is 16.9. The number of nitrogens with one attached hydrogen (secondary N) is 1. The Labute approximate surface area is 171 Å². The summed E-state index contributed by atoms with van der Waals surface area (Å²) in [6.07, 6.45) is 1.09. The minimum atomic E-state index is -0.216. The highest BCUT2D eigenvalue weighted by Crippen LogP contribution is 2.21. The van der Waals surface area contributed by atoms with E-state index in [1.165, 1.54) is 16.2 Å². The highest BCUT2D eigenvalue weighted by molar-refractivity contribution is 7.13. The molecule has 0 bridgehead atoms. The van der Waals surface area contributed by atoms with E-state index in [1.807, 2.05) is 0 Å². The van der Waals surface area contributed by atoms with Gasteiger partial charge in [0.2, 0.25) is 11.8 Å². The average Bonchev–Trinajstić information content (AvgIpc) is 3.20. The van der Waals surface area contributed by atoms with Gasteiger partial charge in [0.15, 0.2) is 0 Å². The van der Waals surface area contributed by atoms with Crippen LogP contribution in [0.4, 0.5) is 0 Å². The second-order valence-electron chi connectivity index (χ2n) is 6.31. The lowest BCUT2D eigenvalue weighted by Gasteiger charge is -2.13. The number of halogens is 1. The van der Waals surface area contributed by atoms with Crippen LogP contribution in [-0.2, 0) is 16.2 Å². The van der Waals surface area contributed by atoms with E-state index in [1.54, 1.807) is 31.2 Å². The lowest BCUT2D eigenvalue weighted by Crippen LogP contribution is -2.33. The van der Waals surface area contributed by atoms with Crippen molar-refractivity contribution in [3.8, 4) is 5.75 Å². The highest BCUT2D eigenvalue weighted by Gasteiger charge is 2.28. The first kappa shape index (κ1) is 20.3. The van der Waals surface area contributed by atoms with Gasteiger partial charge in [-0.1, -0.05) is 11.6 Å². The maximum atomic E-state index is 12.4. The molecule has 0 saturated carbocycles. The van der Waals surface area contributed by atoms with Gasteiger partial charge >= 0.3 is 0 Å². The molecule has 0 atom stereocenters. The van der Waals surface area contributed by atoms with Gasteiger partial charge in [0.1, 0.15) is 22.2 Å². The molecule has 2 aromatic rings. The molecule has 3 amide bonds. The second-order valence-corrected chi connectivity index (χ2v) is 7.83. The summed E-state index contributed by atoms with van der Waals surface area (Å²) in [6.45, 7) is 2.75. The summed E-state index contributed by atoms with van der Waals surface area (Å²) < 4.78 is 5.66. The van der Waals surface area contributed by atoms with Crippen LogP contribution in [0.15, 0.2) is 24.3 Å². The zero-order chi connectivity index (χ0) is 20.1. The SMILES string of the molecule is Cc1nc(COc2ccc(Cl)cc2)sc1C(=O)NCCCN1C(=O)CCC1=O. The first-order valence-corrected chi connectivity index (χ1v) is 10.1. The Hall–Kier alpha value is -2.45. The van der Waals surface area contributed by atoms with Crippen molar-refractivity contribution in [2.45, 2.75) is 32.8 Å². The van der Waals surface area contributed by atoms with Crippen LogP contribution in [0.5, 0.6) is 5.75 Å². The zero-order valence-electron chi connectivity index (χ0n) is 15.4. The van der Waals surface area contributed by atoms with Gasteiger partial charge < -0.3 is 10.1 Å². The van der Waals surface area contributed by atoms with E-state index in [2.05, 4.69) is 10.3 Å². The van der Waals surface area contributed by atoms with E-state index in [0.717, 1.165) is 0 Å². The molecule has 2 heterocycles. The maximum Gasteiger partial charge on any atom is 0.263 e. The normalized spacial score (nSPS) is 13.9. The summed E-state index contributed by atoms with van der Waals surface area (Å²) in [6, 6.07) is 7.02. The molecular formula is C19H20ClN3O4S. The number of carbonyl (C=O) groups is 3. The fraction of sp³-hybridized carbons (Fsp3) is 0.368. The molecule has 0 aliphatic carbocycles. The largest absolute Gasteiger partial charge is 0.486 e. The first-order chi connectivity index (χ1) is 13.4. The molecule has 1 aliphatic heterocycles. The molecule has 7 nitrogen and oxygen atoms in total. The summed E-state index contributed by atoms with van der Waals surface area (Å²) in [7, 11) is 0. The molecule has 1 aliphatic rings. The summed E-state index contributed by atoms with van der Waals surface area (Å²) >= 11 is 7.13. The quantitative estimate of drug-likeness (QED) is 0.523. The van der Waals surface area contributed by atoms with E-state index in [-0.39, 0.29) is 37.2 Å². The van der Waals surface area contributed by atoms with Crippen molar-refractivity contribution in [3.63, 3.8) is 0 Å². The number of aromatic nitrogens is 1. The van der Waals surface area contributed by atoms with Gasteiger partial charge in [0.25, 0.3) is 5.91 Å². The van der Waals surface area contributed by atoms with Crippen LogP contribution in [0.2, 0.25) is 5.02 Å². The third-order valence-corrected chi connectivity index (χ3v) is 5.60. The number of hydrogen-bond donors (Lipinski definition) is 1. The third-order valence-electron chi connectivity index (χ3n) is 4.22. The van der Waals surface area contributed by atoms with Crippen LogP contribution in [0.25, 0.3) is 0 Å². The minimum Gasteiger partial charge on any atom is -0.486 e. The number of amides is 3. The first-order valence-electron chi connectivity index (χ1n) is 8.90. The van der Waals surface area contributed by atoms with Gasteiger partial charge in [0.05, 0.1) is 5.69 Å². The molecule has 0 radical (unpaired) electrons. The van der Waals surface area contributed by atoms with Gasteiger partial charge in [0, 0.05) is 31.0 Å². The second kappa shape index (κ2) is 9.16. The molecule has 1 aromatic carbocycles. The molecule has 0 unspecified atom stereocenters. The van der Waals surface area contributed by atoms with Gasteiger partial charge in [-0.2, -0.15) is 0 Å². The number of thiazole rings is 1. The summed E-state index contributed by atoms with van der Waals surface area (Å²) in [5.41, 5.74) is 0.641. The molecule has 0 spiro atoms. The monoisotopic (exact) mass is 421 g/mol. The van der Waals surface area contributed by atoms with Crippen molar-refractivity contribution in [1.82, 2.24) is 15.2 Å². The fourth-order valence-electron chi connectivity index (χ4n) is 2.79. The predicted octanol–water partition coefficient (Wildman–Crippen LogP) is 2.95. The Morgan fingerprint density at radius 1 is 1.25 bits per heavy atom. The van der Waals surface area contributed by atoms with Gasteiger partial charge in [-0.15, -0.1) is 11.3 Å². The summed E-state index contributed by atoms with van der Waals surface area (Å²) in [5.74, 6) is 0.181. The number of ether oxygens (including phenoxy) is 1. The van der Waals surface area contributed by atoms with Crippen LogP contribution < -0.4 is 10.1 Å². The third kappa shape index (κ3) is 5.08. The lowest BCUT2D eigenvalue weighted by atomic mass is 10.3. The Kier molecular flexibility index (Phi) is 6.64. The molecule has 1 N–H and O–H groups in total. The maximum absolute atomic E-state index is 12.4. The van der Waals surface area contributed by atoms with Crippen molar-refractivity contribution >= 4 is 40.7 Å². The minimum absolute atomic E-state index is 0.139. The summed E-state index contributed by atoms with van der Waals surface area (Å²) in [5, 5.41) is 4.15. The van der Waals surface area contributed by atoms with Crippen LogP contribution >= 0.6 is 22.9 Å². The molecule has 1 aromatic heterocycles. The topological polar surface area (TPSA) is 88.6 Å². The van der Waals surface area contributed by atoms with E-state index in [0.29, 0.717) is 45.9 Å². The number of nitrogens with zero attached hydrogens (tertiary/aromatic N) is 2. The number of hydrogen-bond acceptors (Lipinski definition) is 6. The van der Waals surface area contributed by atoms with Crippen molar-refractivity contribution in [2.24, 2.45) is 0 Å². The molecule has 1 fully saturated rings. The van der Waals surface area contributed by atoms with E-state index in [4.69, 9.17) is 16.3 Å². The van der Waals surface area contributed by atoms with E-state index in [9.17, 15) is 14.4 Å². The van der Waals surface area contributed by atoms with E-state index >= 15 is 0 Å². The Bertz CT molecular complexity index is 866. The number of imide groups is 1. The van der Waals surface area contributed by atoms with E-state index < -0.39 is 0 Å². The molecule has 28 heavy (non-hydrogen) atoms. The Morgan fingerprint density at radius 2 is 1.93 bits per heavy atom. The van der Waals surface area contributed by atoms with Crippen molar-refractivity contribution in [1.29, 1.82) is 0 Å². The van der Waals surface area contributed by atoms with Crippen LogP contribution in [0.3, 0.4) is 0 Å². The predicted molar refractivity (Wildman–Crippen MR) is 106 cm³/mol. The smallest absolute Gasteiger partial charge is 0.263 e. The number of carbonyl (C=O) groups excluding carboxylic acids is 3. The number of likely N-dealkylation sites (tertiary alicyclic amines) is 1. The van der Waals surface area contributed by atoms with Crippen molar-refractivity contribution in [3.05, 3.63) is 44.9 Å². The highest BCUT2D eigenvalue weighted by atomic mass is 35.5. The fourth-order valence-corrected chi connectivity index (χ4v) is 3.81. The number of rotatable bonds is 8. The van der Waals surface area contributed by atoms with Crippen LogP contribution in [0.1, 0.15) is 39.6 Å². The molecular weight excluding hydrogens is 402 g/mol. The Morgan fingerprint density at radius 3 is 2.61 bits per heavy atom. The average molecular weight is 422 g/mol. The summed E-state index contributed by atoms with van der Waals surface area (Å²) in [4.78, 5) is 41.7. The Balaban J connectivity index is 1.46. The van der Waals surface area contributed by atoms with Crippen molar-refractivity contribution in [2.75, 3.05) is 13.1 Å². The number of aryl methyl sites for hydroxylation is 1. The molecule has 3 rings (SSSR count). The van der Waals surface area contributed by atoms with Gasteiger partial charge in [-0.3, -0.25) is 19.3 Å². The number of benzene rings is 1. The van der Waals surface area contributed by atoms with Crippen LogP contribution in [-0.4, -0.2) is 40.7 Å². The lowest BCUT2D eigenvalue weighted by molar-refractivity contribution is -0.138. The molecule has 9 heteroatoms. The van der Waals surface area contributed by atoms with Crippen molar-refractivity contribution < 1.29 is 19.1 Å². The van der Waals surface area contributed by atoms with Gasteiger partial charge in [-0.05, 0) is 37.6 Å². The standard InChI is InChI=1S/C19H20ClN3O4S/c1-12-18(19(26)21-9-2-10-23-16(24)7-8-17(23)25)28-15(22-12)11-27-14-5-3-13(20)4-6-14/h3-6H,2,7-11H2,1H3,(H,21,26). The van der Waals surface area contributed by atoms with Gasteiger partial charge in [-0.25, -0.2) is 4.98 Å². The molecule has 148 valence electrons.